The molecular formula is C16H28N2. The third kappa shape index (κ3) is 5.65. The topological polar surface area (TPSA) is 15.3 Å². The monoisotopic (exact) mass is 248 g/mol. The summed E-state index contributed by atoms with van der Waals surface area (Å²) in [5, 5.41) is 3.53. The Hall–Kier alpha value is -0.860. The Balaban J connectivity index is 2.15. The zero-order valence-electron chi connectivity index (χ0n) is 12.3. The summed E-state index contributed by atoms with van der Waals surface area (Å²) in [6.45, 7) is 12.3. The van der Waals surface area contributed by atoms with E-state index < -0.39 is 0 Å². The maximum Gasteiger partial charge on any atom is 0.0112 e. The number of hydrogen-bond donors (Lipinski definition) is 1. The number of hydrogen-bond acceptors (Lipinski definition) is 2. The minimum absolute atomic E-state index is 0.626. The fraction of sp³-hybridized carbons (Fsp3) is 0.625. The Labute approximate surface area is 112 Å². The van der Waals surface area contributed by atoms with Crippen molar-refractivity contribution in [2.75, 3.05) is 19.6 Å². The second kappa shape index (κ2) is 8.28. The third-order valence-corrected chi connectivity index (χ3v) is 3.31. The lowest BCUT2D eigenvalue weighted by Crippen LogP contribution is -2.41. The summed E-state index contributed by atoms with van der Waals surface area (Å²) in [4.78, 5) is 2.52. The molecule has 0 aromatic heterocycles. The maximum atomic E-state index is 3.53. The van der Waals surface area contributed by atoms with E-state index in [0.29, 0.717) is 12.1 Å². The lowest BCUT2D eigenvalue weighted by atomic mass is 10.1. The SMILES string of the molecule is CC(C)N(CCNCCc1ccccc1)C(C)C. The van der Waals surface area contributed by atoms with E-state index in [-0.39, 0.29) is 0 Å². The van der Waals surface area contributed by atoms with Gasteiger partial charge in [0.25, 0.3) is 0 Å². The van der Waals surface area contributed by atoms with Crippen molar-refractivity contribution in [3.63, 3.8) is 0 Å². The highest BCUT2D eigenvalue weighted by Crippen LogP contribution is 2.03. The number of nitrogens with zero attached hydrogens (tertiary/aromatic N) is 1. The van der Waals surface area contributed by atoms with Crippen molar-refractivity contribution >= 4 is 0 Å². The van der Waals surface area contributed by atoms with Crippen LogP contribution < -0.4 is 5.32 Å². The molecule has 0 radical (unpaired) electrons. The molecular weight excluding hydrogens is 220 g/mol. The quantitative estimate of drug-likeness (QED) is 0.712. The van der Waals surface area contributed by atoms with Crippen molar-refractivity contribution in [2.24, 2.45) is 0 Å². The van der Waals surface area contributed by atoms with Gasteiger partial charge in [0.1, 0.15) is 0 Å². The molecule has 0 bridgehead atoms. The molecule has 1 N–H and O–H groups in total. The van der Waals surface area contributed by atoms with Crippen LogP contribution in [0.25, 0.3) is 0 Å². The molecule has 1 rings (SSSR count). The standard InChI is InChI=1S/C16H28N2/c1-14(2)18(15(3)4)13-12-17-11-10-16-8-6-5-7-9-16/h5-9,14-15,17H,10-13H2,1-4H3. The van der Waals surface area contributed by atoms with Crippen molar-refractivity contribution in [3.05, 3.63) is 35.9 Å². The van der Waals surface area contributed by atoms with E-state index in [2.05, 4.69) is 68.2 Å². The van der Waals surface area contributed by atoms with Gasteiger partial charge in [-0.1, -0.05) is 30.3 Å². The number of benzene rings is 1. The fourth-order valence-corrected chi connectivity index (χ4v) is 2.32. The summed E-state index contributed by atoms with van der Waals surface area (Å²) in [7, 11) is 0. The summed E-state index contributed by atoms with van der Waals surface area (Å²) in [6, 6.07) is 11.9. The Morgan fingerprint density at radius 2 is 1.56 bits per heavy atom. The van der Waals surface area contributed by atoms with Gasteiger partial charge in [-0.15, -0.1) is 0 Å². The van der Waals surface area contributed by atoms with Crippen LogP contribution >= 0.6 is 0 Å². The molecule has 2 nitrogen and oxygen atoms in total. The molecule has 18 heavy (non-hydrogen) atoms. The van der Waals surface area contributed by atoms with Crippen LogP contribution in [0, 0.1) is 0 Å². The van der Waals surface area contributed by atoms with Crippen LogP contribution in [0.1, 0.15) is 33.3 Å². The molecule has 0 aliphatic heterocycles. The first kappa shape index (κ1) is 15.2. The molecule has 0 saturated carbocycles. The lowest BCUT2D eigenvalue weighted by molar-refractivity contribution is 0.176. The van der Waals surface area contributed by atoms with Crippen molar-refractivity contribution in [3.8, 4) is 0 Å². The summed E-state index contributed by atoms with van der Waals surface area (Å²) in [6.07, 6.45) is 1.12. The molecule has 0 spiro atoms. The van der Waals surface area contributed by atoms with Gasteiger partial charge in [-0.3, -0.25) is 4.90 Å². The first-order valence-electron chi connectivity index (χ1n) is 7.11. The van der Waals surface area contributed by atoms with Gasteiger partial charge in [0.05, 0.1) is 0 Å². The largest absolute Gasteiger partial charge is 0.315 e. The summed E-state index contributed by atoms with van der Waals surface area (Å²) in [5.74, 6) is 0. The lowest BCUT2D eigenvalue weighted by Gasteiger charge is -2.30. The molecule has 1 aromatic carbocycles. The van der Waals surface area contributed by atoms with Gasteiger partial charge in [-0.2, -0.15) is 0 Å². The van der Waals surface area contributed by atoms with Crippen molar-refractivity contribution < 1.29 is 0 Å². The van der Waals surface area contributed by atoms with Crippen LogP contribution in [0.4, 0.5) is 0 Å². The van der Waals surface area contributed by atoms with E-state index in [4.69, 9.17) is 0 Å². The Bertz CT molecular complexity index is 298. The van der Waals surface area contributed by atoms with Crippen LogP contribution in [0.15, 0.2) is 30.3 Å². The number of rotatable bonds is 8. The van der Waals surface area contributed by atoms with E-state index in [1.165, 1.54) is 5.56 Å². The van der Waals surface area contributed by atoms with Gasteiger partial charge in [0.15, 0.2) is 0 Å². The molecule has 1 aromatic rings. The molecule has 0 heterocycles. The molecule has 0 aliphatic carbocycles. The fourth-order valence-electron chi connectivity index (χ4n) is 2.32. The molecule has 2 heteroatoms. The van der Waals surface area contributed by atoms with E-state index >= 15 is 0 Å². The van der Waals surface area contributed by atoms with Gasteiger partial charge in [-0.05, 0) is 46.2 Å². The Morgan fingerprint density at radius 3 is 2.11 bits per heavy atom. The van der Waals surface area contributed by atoms with Crippen LogP contribution in [0.5, 0.6) is 0 Å². The molecule has 0 amide bonds. The number of nitrogens with one attached hydrogen (secondary N) is 1. The minimum Gasteiger partial charge on any atom is -0.315 e. The molecule has 0 saturated heterocycles. The summed E-state index contributed by atoms with van der Waals surface area (Å²) in [5.41, 5.74) is 1.41. The van der Waals surface area contributed by atoms with E-state index in [1.807, 2.05) is 0 Å². The molecule has 0 atom stereocenters. The predicted molar refractivity (Wildman–Crippen MR) is 80.0 cm³/mol. The van der Waals surface area contributed by atoms with Crippen molar-refractivity contribution in [2.45, 2.75) is 46.2 Å². The van der Waals surface area contributed by atoms with Crippen molar-refractivity contribution in [1.82, 2.24) is 10.2 Å². The highest BCUT2D eigenvalue weighted by molar-refractivity contribution is 5.14. The van der Waals surface area contributed by atoms with Crippen molar-refractivity contribution in [1.29, 1.82) is 0 Å². The second-order valence-electron chi connectivity index (χ2n) is 5.41. The van der Waals surface area contributed by atoms with Gasteiger partial charge >= 0.3 is 0 Å². The second-order valence-corrected chi connectivity index (χ2v) is 5.41. The van der Waals surface area contributed by atoms with Gasteiger partial charge < -0.3 is 5.32 Å². The highest BCUT2D eigenvalue weighted by atomic mass is 15.2. The Morgan fingerprint density at radius 1 is 0.944 bits per heavy atom. The van der Waals surface area contributed by atoms with E-state index in [9.17, 15) is 0 Å². The third-order valence-electron chi connectivity index (χ3n) is 3.31. The summed E-state index contributed by atoms with van der Waals surface area (Å²) < 4.78 is 0. The maximum absolute atomic E-state index is 3.53. The van der Waals surface area contributed by atoms with Crippen LogP contribution in [-0.2, 0) is 6.42 Å². The average Bonchev–Trinajstić information content (AvgIpc) is 2.34. The van der Waals surface area contributed by atoms with Crippen LogP contribution in [0.3, 0.4) is 0 Å². The van der Waals surface area contributed by atoms with Gasteiger partial charge in [-0.25, -0.2) is 0 Å². The van der Waals surface area contributed by atoms with E-state index in [0.717, 1.165) is 26.1 Å². The molecule has 0 aliphatic rings. The molecule has 102 valence electrons. The predicted octanol–water partition coefficient (Wildman–Crippen LogP) is 2.94. The van der Waals surface area contributed by atoms with Crippen LogP contribution in [-0.4, -0.2) is 36.6 Å². The smallest absolute Gasteiger partial charge is 0.0112 e. The summed E-state index contributed by atoms with van der Waals surface area (Å²) >= 11 is 0. The normalized spacial score (nSPS) is 11.7. The molecule has 0 fully saturated rings. The molecule has 0 unspecified atom stereocenters. The van der Waals surface area contributed by atoms with E-state index in [1.54, 1.807) is 0 Å². The minimum atomic E-state index is 0.626. The zero-order valence-corrected chi connectivity index (χ0v) is 12.3. The zero-order chi connectivity index (χ0) is 13.4. The highest BCUT2D eigenvalue weighted by Gasteiger charge is 2.11. The first-order valence-corrected chi connectivity index (χ1v) is 7.11. The van der Waals surface area contributed by atoms with Crippen LogP contribution in [0.2, 0.25) is 0 Å². The average molecular weight is 248 g/mol. The first-order chi connectivity index (χ1) is 8.61. The van der Waals surface area contributed by atoms with Gasteiger partial charge in [0, 0.05) is 25.2 Å². The Kier molecular flexibility index (Phi) is 6.99. The van der Waals surface area contributed by atoms with Gasteiger partial charge in [0.2, 0.25) is 0 Å².